The van der Waals surface area contributed by atoms with Crippen LogP contribution in [0.5, 0.6) is 0 Å². The van der Waals surface area contributed by atoms with Crippen LogP contribution in [-0.4, -0.2) is 74.6 Å². The lowest BCUT2D eigenvalue weighted by Gasteiger charge is -2.45. The summed E-state index contributed by atoms with van der Waals surface area (Å²) in [7, 11) is 0. The van der Waals surface area contributed by atoms with Crippen LogP contribution in [0, 0.1) is 11.8 Å². The second kappa shape index (κ2) is 7.73. The fraction of sp³-hybridized carbons (Fsp3) is 0.938. The van der Waals surface area contributed by atoms with Gasteiger partial charge in [-0.25, -0.2) is 5.06 Å². The highest BCUT2D eigenvalue weighted by molar-refractivity contribution is 5.78. The Hall–Kier alpha value is -0.690. The predicted molar refractivity (Wildman–Crippen MR) is 81.2 cm³/mol. The second-order valence-electron chi connectivity index (χ2n) is 6.38. The van der Waals surface area contributed by atoms with Crippen molar-refractivity contribution in [2.24, 2.45) is 11.8 Å². The lowest BCUT2D eigenvalue weighted by molar-refractivity contribution is -0.185. The molecule has 0 spiro atoms. The molecular formula is C16H28N2O4. The van der Waals surface area contributed by atoms with Gasteiger partial charge >= 0.3 is 0 Å². The number of fused-ring (bicyclic) bond motifs is 1. The van der Waals surface area contributed by atoms with Crippen LogP contribution >= 0.6 is 0 Å². The molecule has 22 heavy (non-hydrogen) atoms. The molecule has 3 aliphatic rings. The largest absolute Gasteiger partial charge is 0.380 e. The van der Waals surface area contributed by atoms with Crippen molar-refractivity contribution in [2.75, 3.05) is 52.6 Å². The number of carbonyl (C=O) groups is 1. The molecule has 3 atom stereocenters. The summed E-state index contributed by atoms with van der Waals surface area (Å²) in [5, 5.41) is 1.59. The molecule has 0 radical (unpaired) electrons. The van der Waals surface area contributed by atoms with Crippen LogP contribution in [0.1, 0.15) is 26.2 Å². The molecule has 6 nitrogen and oxygen atoms in total. The van der Waals surface area contributed by atoms with E-state index in [1.807, 2.05) is 6.92 Å². The van der Waals surface area contributed by atoms with Crippen molar-refractivity contribution in [3.63, 3.8) is 0 Å². The van der Waals surface area contributed by atoms with Crippen molar-refractivity contribution in [3.8, 4) is 0 Å². The first-order valence-electron chi connectivity index (χ1n) is 8.65. The van der Waals surface area contributed by atoms with Crippen LogP contribution in [0.15, 0.2) is 0 Å². The van der Waals surface area contributed by atoms with Gasteiger partial charge in [0.2, 0.25) is 5.91 Å². The van der Waals surface area contributed by atoms with E-state index in [1.54, 1.807) is 5.06 Å². The number of amides is 1. The summed E-state index contributed by atoms with van der Waals surface area (Å²) in [5.41, 5.74) is 0. The van der Waals surface area contributed by atoms with Crippen LogP contribution in [0.3, 0.4) is 0 Å². The zero-order chi connectivity index (χ0) is 15.4. The van der Waals surface area contributed by atoms with Crippen molar-refractivity contribution in [2.45, 2.75) is 32.3 Å². The Morgan fingerprint density at radius 1 is 1.27 bits per heavy atom. The van der Waals surface area contributed by atoms with E-state index in [4.69, 9.17) is 14.3 Å². The minimum absolute atomic E-state index is 0.0479. The molecule has 0 aromatic rings. The zero-order valence-corrected chi connectivity index (χ0v) is 13.5. The molecule has 1 amide bonds. The number of carbonyl (C=O) groups excluding carboxylic acids is 1. The normalized spacial score (nSPS) is 33.0. The van der Waals surface area contributed by atoms with Gasteiger partial charge in [0.05, 0.1) is 25.9 Å². The number of ether oxygens (including phenoxy) is 2. The van der Waals surface area contributed by atoms with Crippen molar-refractivity contribution in [3.05, 3.63) is 0 Å². The Morgan fingerprint density at radius 2 is 2.18 bits per heavy atom. The molecule has 3 saturated heterocycles. The maximum Gasteiger partial charge on any atom is 0.249 e. The van der Waals surface area contributed by atoms with E-state index in [0.29, 0.717) is 19.1 Å². The average Bonchev–Trinajstić information content (AvgIpc) is 3.08. The van der Waals surface area contributed by atoms with Gasteiger partial charge in [0.1, 0.15) is 0 Å². The number of hydroxylamine groups is 2. The lowest BCUT2D eigenvalue weighted by Crippen LogP contribution is -2.54. The van der Waals surface area contributed by atoms with E-state index in [-0.39, 0.29) is 17.9 Å². The fourth-order valence-corrected chi connectivity index (χ4v) is 3.84. The zero-order valence-electron chi connectivity index (χ0n) is 13.5. The van der Waals surface area contributed by atoms with Gasteiger partial charge in [0, 0.05) is 44.7 Å². The number of hydrogen-bond donors (Lipinski definition) is 0. The molecule has 3 aliphatic heterocycles. The smallest absolute Gasteiger partial charge is 0.249 e. The molecule has 0 saturated carbocycles. The maximum absolute atomic E-state index is 12.7. The topological polar surface area (TPSA) is 51.2 Å². The summed E-state index contributed by atoms with van der Waals surface area (Å²) in [6.07, 6.45) is 3.01. The summed E-state index contributed by atoms with van der Waals surface area (Å²) in [6.45, 7) is 8.57. The van der Waals surface area contributed by atoms with E-state index in [1.165, 1.54) is 0 Å². The molecule has 3 rings (SSSR count). The van der Waals surface area contributed by atoms with Gasteiger partial charge in [0.15, 0.2) is 0 Å². The van der Waals surface area contributed by atoms with Crippen molar-refractivity contribution in [1.29, 1.82) is 0 Å². The van der Waals surface area contributed by atoms with E-state index in [0.717, 1.165) is 58.7 Å². The van der Waals surface area contributed by atoms with E-state index in [2.05, 4.69) is 4.90 Å². The molecule has 0 aliphatic carbocycles. The highest BCUT2D eigenvalue weighted by atomic mass is 16.7. The molecule has 0 aromatic heterocycles. The highest BCUT2D eigenvalue weighted by Crippen LogP contribution is 2.34. The summed E-state index contributed by atoms with van der Waals surface area (Å²) >= 11 is 0. The van der Waals surface area contributed by atoms with Crippen LogP contribution in [0.25, 0.3) is 0 Å². The van der Waals surface area contributed by atoms with Gasteiger partial charge in [-0.15, -0.1) is 0 Å². The Balaban J connectivity index is 1.59. The van der Waals surface area contributed by atoms with Gasteiger partial charge in [0.25, 0.3) is 0 Å². The van der Waals surface area contributed by atoms with Gasteiger partial charge in [-0.3, -0.25) is 9.63 Å². The first-order chi connectivity index (χ1) is 10.8. The number of piperidine rings is 1. The Labute approximate surface area is 132 Å². The molecule has 0 aromatic carbocycles. The predicted octanol–water partition coefficient (Wildman–Crippen LogP) is 0.914. The summed E-state index contributed by atoms with van der Waals surface area (Å²) in [5.74, 6) is 0.509. The first kappa shape index (κ1) is 16.2. The fourth-order valence-electron chi connectivity index (χ4n) is 3.84. The van der Waals surface area contributed by atoms with Crippen LogP contribution in [0.2, 0.25) is 0 Å². The number of nitrogens with zero attached hydrogens (tertiary/aromatic N) is 2. The van der Waals surface area contributed by atoms with Crippen LogP contribution in [0.4, 0.5) is 0 Å². The van der Waals surface area contributed by atoms with E-state index >= 15 is 0 Å². The molecule has 0 unspecified atom stereocenters. The summed E-state index contributed by atoms with van der Waals surface area (Å²) in [4.78, 5) is 20.6. The molecule has 3 heterocycles. The van der Waals surface area contributed by atoms with Crippen molar-refractivity contribution in [1.82, 2.24) is 9.96 Å². The average molecular weight is 312 g/mol. The Bertz CT molecular complexity index is 371. The van der Waals surface area contributed by atoms with Crippen molar-refractivity contribution >= 4 is 5.91 Å². The Kier molecular flexibility index (Phi) is 5.68. The van der Waals surface area contributed by atoms with Gasteiger partial charge in [-0.2, -0.15) is 0 Å². The molecular weight excluding hydrogens is 284 g/mol. The molecule has 3 fully saturated rings. The quantitative estimate of drug-likeness (QED) is 0.707. The summed E-state index contributed by atoms with van der Waals surface area (Å²) < 4.78 is 11.4. The molecule has 0 N–H and O–H groups in total. The molecule has 126 valence electrons. The minimum atomic E-state index is 0.0479. The van der Waals surface area contributed by atoms with E-state index in [9.17, 15) is 4.79 Å². The third-order valence-corrected chi connectivity index (χ3v) is 5.03. The molecule has 0 bridgehead atoms. The highest BCUT2D eigenvalue weighted by Gasteiger charge is 2.43. The van der Waals surface area contributed by atoms with Crippen molar-refractivity contribution < 1.29 is 19.1 Å². The van der Waals surface area contributed by atoms with Crippen LogP contribution in [-0.2, 0) is 19.1 Å². The number of likely N-dealkylation sites (tertiary alicyclic amines) is 1. The minimum Gasteiger partial charge on any atom is -0.380 e. The second-order valence-corrected chi connectivity index (χ2v) is 6.38. The lowest BCUT2D eigenvalue weighted by atomic mass is 9.79. The summed E-state index contributed by atoms with van der Waals surface area (Å²) in [6, 6.07) is 0. The molecule has 6 heteroatoms. The number of rotatable bonds is 5. The maximum atomic E-state index is 12.7. The number of hydrogen-bond acceptors (Lipinski definition) is 5. The third-order valence-electron chi connectivity index (χ3n) is 5.03. The SMILES string of the molecule is CCOCCN1CC[C@H]2OCC[C@@H](C(=O)N3CCCO3)[C@@H]2C1. The van der Waals surface area contributed by atoms with Gasteiger partial charge < -0.3 is 14.4 Å². The standard InChI is InChI=1S/C16H28N2O4/c1-2-20-11-8-17-7-4-15-14(12-17)13(5-10-21-15)16(19)18-6-3-9-22-18/h13-15H,2-12H2,1H3/t13-,14+,15-/m1/s1. The van der Waals surface area contributed by atoms with E-state index < -0.39 is 0 Å². The van der Waals surface area contributed by atoms with Crippen LogP contribution < -0.4 is 0 Å². The first-order valence-corrected chi connectivity index (χ1v) is 8.65. The third kappa shape index (κ3) is 3.62. The Morgan fingerprint density at radius 3 is 2.95 bits per heavy atom. The van der Waals surface area contributed by atoms with Gasteiger partial charge in [-0.05, 0) is 26.2 Å². The monoisotopic (exact) mass is 312 g/mol. The van der Waals surface area contributed by atoms with Gasteiger partial charge in [-0.1, -0.05) is 0 Å².